The third-order valence-electron chi connectivity index (χ3n) is 1.92. The average Bonchev–Trinajstić information content (AvgIpc) is 2.32. The van der Waals surface area contributed by atoms with E-state index in [9.17, 15) is 18.9 Å². The first-order valence-electron chi connectivity index (χ1n) is 5.01. The Balaban J connectivity index is 2.62. The Hall–Kier alpha value is -1.80. The first kappa shape index (κ1) is 14.3. The number of hydrogen-bond donors (Lipinski definition) is 1. The van der Waals surface area contributed by atoms with Gasteiger partial charge in [-0.15, -0.1) is 0 Å². The van der Waals surface area contributed by atoms with Crippen LogP contribution < -0.4 is 4.74 Å². The largest absolute Gasteiger partial charge is 0.488 e. The van der Waals surface area contributed by atoms with Gasteiger partial charge in [0.05, 0.1) is 30.8 Å². The van der Waals surface area contributed by atoms with Gasteiger partial charge < -0.3 is 14.6 Å². The van der Waals surface area contributed by atoms with Crippen molar-refractivity contribution in [3.8, 4) is 5.75 Å². The number of halogens is 2. The Bertz CT molecular complexity index is 427. The Labute approximate surface area is 101 Å². The summed E-state index contributed by atoms with van der Waals surface area (Å²) >= 11 is 0. The quantitative estimate of drug-likeness (QED) is 0.455. The molecule has 0 spiro atoms. The molecule has 0 aliphatic rings. The van der Waals surface area contributed by atoms with Gasteiger partial charge in [-0.1, -0.05) is 0 Å². The van der Waals surface area contributed by atoms with Crippen LogP contribution in [0.5, 0.6) is 5.75 Å². The summed E-state index contributed by atoms with van der Waals surface area (Å²) in [4.78, 5) is 9.31. The topological polar surface area (TPSA) is 81.8 Å². The molecule has 1 N–H and O–H groups in total. The van der Waals surface area contributed by atoms with Crippen LogP contribution >= 0.6 is 0 Å². The molecular formula is C10H11F2NO5. The van der Waals surface area contributed by atoms with E-state index >= 15 is 0 Å². The molecule has 8 heteroatoms. The highest BCUT2D eigenvalue weighted by atomic mass is 19.1. The predicted molar refractivity (Wildman–Crippen MR) is 56.4 cm³/mol. The predicted octanol–water partition coefficient (Wildman–Crippen LogP) is 1.26. The maximum Gasteiger partial charge on any atom is 0.307 e. The molecule has 0 saturated carbocycles. The van der Waals surface area contributed by atoms with E-state index in [0.717, 1.165) is 0 Å². The van der Waals surface area contributed by atoms with E-state index in [-0.39, 0.29) is 26.4 Å². The van der Waals surface area contributed by atoms with Crippen LogP contribution in [0, 0.1) is 21.7 Å². The van der Waals surface area contributed by atoms with Crippen molar-refractivity contribution in [2.45, 2.75) is 0 Å². The summed E-state index contributed by atoms with van der Waals surface area (Å²) in [7, 11) is 0. The molecule has 0 atom stereocenters. The lowest BCUT2D eigenvalue weighted by atomic mass is 10.3. The molecule has 6 nitrogen and oxygen atoms in total. The molecule has 1 aromatic rings. The van der Waals surface area contributed by atoms with Crippen molar-refractivity contribution < 1.29 is 28.3 Å². The maximum atomic E-state index is 13.3. The van der Waals surface area contributed by atoms with Crippen LogP contribution in [-0.4, -0.2) is 36.5 Å². The number of nitro benzene ring substituents is 1. The molecule has 0 amide bonds. The van der Waals surface area contributed by atoms with Crippen molar-refractivity contribution in [1.82, 2.24) is 0 Å². The van der Waals surface area contributed by atoms with Crippen LogP contribution in [0.15, 0.2) is 12.1 Å². The molecule has 0 aromatic heterocycles. The minimum Gasteiger partial charge on any atom is -0.488 e. The van der Waals surface area contributed by atoms with Gasteiger partial charge in [0.15, 0.2) is 11.6 Å². The molecule has 0 aliphatic heterocycles. The lowest BCUT2D eigenvalue weighted by Gasteiger charge is -2.07. The lowest BCUT2D eigenvalue weighted by molar-refractivity contribution is -0.387. The summed E-state index contributed by atoms with van der Waals surface area (Å²) < 4.78 is 36.1. The first-order chi connectivity index (χ1) is 8.56. The van der Waals surface area contributed by atoms with Gasteiger partial charge in [-0.05, 0) is 0 Å². The molecule has 0 fully saturated rings. The van der Waals surface area contributed by atoms with Crippen molar-refractivity contribution in [3.63, 3.8) is 0 Å². The molecule has 0 radical (unpaired) electrons. The van der Waals surface area contributed by atoms with Crippen molar-refractivity contribution in [2.24, 2.45) is 0 Å². The van der Waals surface area contributed by atoms with Gasteiger partial charge in [-0.3, -0.25) is 10.1 Å². The van der Waals surface area contributed by atoms with Gasteiger partial charge in [0.25, 0.3) is 0 Å². The number of aliphatic hydroxyl groups excluding tert-OH is 1. The summed E-state index contributed by atoms with van der Waals surface area (Å²) in [6, 6.07) is 1.07. The van der Waals surface area contributed by atoms with Crippen LogP contribution in [0.2, 0.25) is 0 Å². The Morgan fingerprint density at radius 2 is 1.94 bits per heavy atom. The van der Waals surface area contributed by atoms with Crippen molar-refractivity contribution in [2.75, 3.05) is 26.4 Å². The molecule has 100 valence electrons. The molecule has 18 heavy (non-hydrogen) atoms. The minimum atomic E-state index is -1.17. The fourth-order valence-corrected chi connectivity index (χ4v) is 1.15. The van der Waals surface area contributed by atoms with Crippen molar-refractivity contribution in [3.05, 3.63) is 33.9 Å². The maximum absolute atomic E-state index is 13.3. The van der Waals surface area contributed by atoms with Crippen LogP contribution in [0.1, 0.15) is 0 Å². The van der Waals surface area contributed by atoms with E-state index in [1.54, 1.807) is 0 Å². The van der Waals surface area contributed by atoms with Gasteiger partial charge in [-0.2, -0.15) is 4.39 Å². The average molecular weight is 263 g/mol. The number of nitrogens with zero attached hydrogens (tertiary/aromatic N) is 1. The molecule has 1 rings (SSSR count). The minimum absolute atomic E-state index is 0.0613. The van der Waals surface area contributed by atoms with Gasteiger partial charge in [0, 0.05) is 6.07 Å². The zero-order valence-corrected chi connectivity index (χ0v) is 9.27. The summed E-state index contributed by atoms with van der Waals surface area (Å²) in [6.07, 6.45) is 0. The SMILES string of the molecule is O=[N+]([O-])c1cc(F)c(OCCOCCO)cc1F. The van der Waals surface area contributed by atoms with Gasteiger partial charge >= 0.3 is 5.69 Å². The van der Waals surface area contributed by atoms with Crippen LogP contribution in [0.4, 0.5) is 14.5 Å². The zero-order valence-electron chi connectivity index (χ0n) is 9.27. The van der Waals surface area contributed by atoms with E-state index in [1.165, 1.54) is 0 Å². The van der Waals surface area contributed by atoms with E-state index in [2.05, 4.69) is 0 Å². The van der Waals surface area contributed by atoms with Gasteiger partial charge in [-0.25, -0.2) is 4.39 Å². The summed E-state index contributed by atoms with van der Waals surface area (Å²) in [5.74, 6) is -2.62. The molecule has 1 aromatic carbocycles. The Kier molecular flexibility index (Phi) is 5.40. The smallest absolute Gasteiger partial charge is 0.307 e. The summed E-state index contributed by atoms with van der Waals surface area (Å²) in [6.45, 7) is -0.0201. The second kappa shape index (κ2) is 6.82. The Morgan fingerprint density at radius 3 is 2.56 bits per heavy atom. The number of rotatable bonds is 7. The molecule has 0 aliphatic carbocycles. The normalized spacial score (nSPS) is 10.4. The zero-order chi connectivity index (χ0) is 13.5. The lowest BCUT2D eigenvalue weighted by Crippen LogP contribution is -2.10. The van der Waals surface area contributed by atoms with E-state index in [4.69, 9.17) is 14.6 Å². The second-order valence-electron chi connectivity index (χ2n) is 3.18. The second-order valence-corrected chi connectivity index (χ2v) is 3.18. The Morgan fingerprint density at radius 1 is 1.22 bits per heavy atom. The van der Waals surface area contributed by atoms with Crippen LogP contribution in [0.25, 0.3) is 0 Å². The number of hydrogen-bond acceptors (Lipinski definition) is 5. The third kappa shape index (κ3) is 3.90. The number of nitro groups is 1. The number of benzene rings is 1. The third-order valence-corrected chi connectivity index (χ3v) is 1.92. The fraction of sp³-hybridized carbons (Fsp3) is 0.400. The highest BCUT2D eigenvalue weighted by Gasteiger charge is 2.19. The van der Waals surface area contributed by atoms with E-state index < -0.39 is 28.0 Å². The molecule has 0 bridgehead atoms. The molecular weight excluding hydrogens is 252 g/mol. The number of ether oxygens (including phenoxy) is 2. The summed E-state index contributed by atoms with van der Waals surface area (Å²) in [5, 5.41) is 18.7. The monoisotopic (exact) mass is 263 g/mol. The standard InChI is InChI=1S/C10H11F2NO5/c11-7-6-10(18-4-3-17-2-1-14)8(12)5-9(7)13(15)16/h5-6,14H,1-4H2. The summed E-state index contributed by atoms with van der Waals surface area (Å²) in [5.41, 5.74) is -0.948. The van der Waals surface area contributed by atoms with Crippen molar-refractivity contribution in [1.29, 1.82) is 0 Å². The van der Waals surface area contributed by atoms with Crippen LogP contribution in [0.3, 0.4) is 0 Å². The van der Waals surface area contributed by atoms with Crippen LogP contribution in [-0.2, 0) is 4.74 Å². The van der Waals surface area contributed by atoms with Crippen molar-refractivity contribution >= 4 is 5.69 Å². The highest BCUT2D eigenvalue weighted by Crippen LogP contribution is 2.26. The molecule has 0 heterocycles. The van der Waals surface area contributed by atoms with E-state index in [1.807, 2.05) is 0 Å². The highest BCUT2D eigenvalue weighted by molar-refractivity contribution is 5.39. The fourth-order valence-electron chi connectivity index (χ4n) is 1.15. The molecule has 0 unspecified atom stereocenters. The van der Waals surface area contributed by atoms with Gasteiger partial charge in [0.2, 0.25) is 5.82 Å². The van der Waals surface area contributed by atoms with E-state index in [0.29, 0.717) is 12.1 Å². The molecule has 0 saturated heterocycles. The first-order valence-corrected chi connectivity index (χ1v) is 5.01. The van der Waals surface area contributed by atoms with Gasteiger partial charge in [0.1, 0.15) is 6.61 Å². The number of aliphatic hydroxyl groups is 1.